The summed E-state index contributed by atoms with van der Waals surface area (Å²) in [4.78, 5) is 0. The normalized spacial score (nSPS) is 17.5. The third kappa shape index (κ3) is 4.23. The zero-order valence-electron chi connectivity index (χ0n) is 16.4. The van der Waals surface area contributed by atoms with E-state index in [1.165, 1.54) is 0 Å². The molecular formula is C24H28O4. The van der Waals surface area contributed by atoms with Gasteiger partial charge < -0.3 is 20.1 Å². The minimum absolute atomic E-state index is 0.0982. The zero-order chi connectivity index (χ0) is 20.1. The van der Waals surface area contributed by atoms with Crippen LogP contribution in [0, 0.1) is 5.92 Å². The van der Waals surface area contributed by atoms with Gasteiger partial charge in [0.1, 0.15) is 23.9 Å². The monoisotopic (exact) mass is 380 g/mol. The Morgan fingerprint density at radius 1 is 0.893 bits per heavy atom. The minimum Gasteiger partial charge on any atom is -0.508 e. The van der Waals surface area contributed by atoms with Crippen molar-refractivity contribution in [2.24, 2.45) is 5.92 Å². The largest absolute Gasteiger partial charge is 0.508 e. The van der Waals surface area contributed by atoms with Crippen LogP contribution in [0.25, 0.3) is 0 Å². The van der Waals surface area contributed by atoms with Gasteiger partial charge in [-0.05, 0) is 36.1 Å². The fourth-order valence-electron chi connectivity index (χ4n) is 3.85. The molecule has 0 saturated heterocycles. The molecule has 0 aromatic heterocycles. The van der Waals surface area contributed by atoms with Gasteiger partial charge in [0.2, 0.25) is 0 Å². The average Bonchev–Trinajstić information content (AvgIpc) is 2.72. The highest BCUT2D eigenvalue weighted by atomic mass is 16.5. The molecule has 0 aliphatic carbocycles. The standard InChI is InChI=1S/C24H28O4/c1-3-19(16-8-6-5-7-9-16)21-15-28-23(14-22(21)26)20(4-2)24(27)17-10-12-18(25)13-11-17/h5-14,19-20,24-27H,3-4,15H2,1-2H3. The summed E-state index contributed by atoms with van der Waals surface area (Å²) in [5, 5.41) is 31.0. The lowest BCUT2D eigenvalue weighted by atomic mass is 9.86. The van der Waals surface area contributed by atoms with Crippen LogP contribution in [0.5, 0.6) is 5.75 Å². The van der Waals surface area contributed by atoms with Gasteiger partial charge in [-0.1, -0.05) is 56.3 Å². The molecule has 1 heterocycles. The summed E-state index contributed by atoms with van der Waals surface area (Å²) in [5.74, 6) is 0.806. The number of aliphatic hydroxyl groups is 2. The number of hydrogen-bond acceptors (Lipinski definition) is 4. The minimum atomic E-state index is -0.776. The number of rotatable bonds is 7. The third-order valence-electron chi connectivity index (χ3n) is 5.45. The lowest BCUT2D eigenvalue weighted by molar-refractivity contribution is 0.0747. The first-order valence-electron chi connectivity index (χ1n) is 9.83. The molecule has 0 radical (unpaired) electrons. The topological polar surface area (TPSA) is 69.9 Å². The number of hydrogen-bond donors (Lipinski definition) is 3. The summed E-state index contributed by atoms with van der Waals surface area (Å²) < 4.78 is 6.02. The van der Waals surface area contributed by atoms with E-state index < -0.39 is 6.10 Å². The average molecular weight is 380 g/mol. The fraction of sp³-hybridized carbons (Fsp3) is 0.333. The second-order valence-electron chi connectivity index (χ2n) is 7.17. The third-order valence-corrected chi connectivity index (χ3v) is 5.45. The van der Waals surface area contributed by atoms with Crippen LogP contribution in [0.4, 0.5) is 0 Å². The molecule has 0 spiro atoms. The molecule has 1 aliphatic rings. The van der Waals surface area contributed by atoms with Gasteiger partial charge in [-0.25, -0.2) is 0 Å². The van der Waals surface area contributed by atoms with Crippen LogP contribution >= 0.6 is 0 Å². The van der Waals surface area contributed by atoms with Crippen molar-refractivity contribution in [1.82, 2.24) is 0 Å². The number of allylic oxidation sites excluding steroid dienone is 1. The highest BCUT2D eigenvalue weighted by Gasteiger charge is 2.29. The Hall–Kier alpha value is -2.72. The Morgan fingerprint density at radius 3 is 2.14 bits per heavy atom. The molecule has 28 heavy (non-hydrogen) atoms. The van der Waals surface area contributed by atoms with Crippen LogP contribution in [-0.2, 0) is 4.74 Å². The highest BCUT2D eigenvalue weighted by Crippen LogP contribution is 2.38. The molecule has 3 rings (SSSR count). The molecule has 0 fully saturated rings. The first kappa shape index (κ1) is 20.0. The van der Waals surface area contributed by atoms with Gasteiger partial charge in [0.05, 0.1) is 6.10 Å². The van der Waals surface area contributed by atoms with E-state index in [2.05, 4.69) is 19.1 Å². The van der Waals surface area contributed by atoms with Crippen LogP contribution in [-0.4, -0.2) is 21.9 Å². The first-order valence-corrected chi connectivity index (χ1v) is 9.83. The summed E-state index contributed by atoms with van der Waals surface area (Å²) in [7, 11) is 0. The summed E-state index contributed by atoms with van der Waals surface area (Å²) in [6.45, 7) is 4.39. The maximum Gasteiger partial charge on any atom is 0.122 e. The smallest absolute Gasteiger partial charge is 0.122 e. The highest BCUT2D eigenvalue weighted by molar-refractivity contribution is 5.37. The Kier molecular flexibility index (Phi) is 6.42. The predicted octanol–water partition coefficient (Wildman–Crippen LogP) is 5.37. The number of phenols is 1. The Balaban J connectivity index is 1.87. The molecule has 3 unspecified atom stereocenters. The van der Waals surface area contributed by atoms with Crippen molar-refractivity contribution in [2.45, 2.75) is 38.7 Å². The SMILES string of the molecule is CCC(C1=C(O)C=C(C(CC)C(O)c2ccc(O)cc2)OC1)c1ccccc1. The van der Waals surface area contributed by atoms with E-state index in [1.807, 2.05) is 25.1 Å². The van der Waals surface area contributed by atoms with Gasteiger partial charge in [0.25, 0.3) is 0 Å². The molecule has 2 aromatic rings. The Labute approximate surface area is 166 Å². The summed E-state index contributed by atoms with van der Waals surface area (Å²) in [6, 6.07) is 16.6. The number of aliphatic hydroxyl groups excluding tert-OH is 2. The van der Waals surface area contributed by atoms with Crippen molar-refractivity contribution in [2.75, 3.05) is 6.61 Å². The number of ether oxygens (including phenoxy) is 1. The van der Waals surface area contributed by atoms with Crippen molar-refractivity contribution in [3.8, 4) is 5.75 Å². The number of phenolic OH excluding ortho intramolecular Hbond substituents is 1. The van der Waals surface area contributed by atoms with Crippen LogP contribution < -0.4 is 0 Å². The second kappa shape index (κ2) is 8.98. The van der Waals surface area contributed by atoms with Crippen LogP contribution in [0.2, 0.25) is 0 Å². The maximum absolute atomic E-state index is 10.8. The zero-order valence-corrected chi connectivity index (χ0v) is 16.4. The van der Waals surface area contributed by atoms with Crippen molar-refractivity contribution in [1.29, 1.82) is 0 Å². The van der Waals surface area contributed by atoms with E-state index in [-0.39, 0.29) is 23.3 Å². The van der Waals surface area contributed by atoms with Crippen molar-refractivity contribution < 1.29 is 20.1 Å². The van der Waals surface area contributed by atoms with Gasteiger partial charge in [-0.15, -0.1) is 0 Å². The van der Waals surface area contributed by atoms with E-state index in [1.54, 1.807) is 30.3 Å². The molecule has 2 aromatic carbocycles. The van der Waals surface area contributed by atoms with E-state index in [0.29, 0.717) is 24.4 Å². The van der Waals surface area contributed by atoms with E-state index in [0.717, 1.165) is 17.6 Å². The molecule has 148 valence electrons. The molecular weight excluding hydrogens is 352 g/mol. The lowest BCUT2D eigenvalue weighted by Gasteiger charge is -2.30. The van der Waals surface area contributed by atoms with Crippen LogP contribution in [0.1, 0.15) is 49.8 Å². The molecule has 0 bridgehead atoms. The van der Waals surface area contributed by atoms with Crippen molar-refractivity contribution in [3.63, 3.8) is 0 Å². The van der Waals surface area contributed by atoms with Crippen LogP contribution in [0.3, 0.4) is 0 Å². The van der Waals surface area contributed by atoms with Crippen molar-refractivity contribution >= 4 is 0 Å². The van der Waals surface area contributed by atoms with E-state index in [9.17, 15) is 15.3 Å². The summed E-state index contributed by atoms with van der Waals surface area (Å²) in [5.41, 5.74) is 2.73. The van der Waals surface area contributed by atoms with Crippen molar-refractivity contribution in [3.05, 3.63) is 88.9 Å². The second-order valence-corrected chi connectivity index (χ2v) is 7.17. The van der Waals surface area contributed by atoms with E-state index >= 15 is 0 Å². The van der Waals surface area contributed by atoms with Gasteiger partial charge in [0, 0.05) is 23.5 Å². The Bertz CT molecular complexity index is 837. The number of benzene rings is 2. The molecule has 1 aliphatic heterocycles. The molecule has 0 saturated carbocycles. The number of aromatic hydroxyl groups is 1. The molecule has 3 N–H and O–H groups in total. The predicted molar refractivity (Wildman–Crippen MR) is 110 cm³/mol. The quantitative estimate of drug-likeness (QED) is 0.604. The Morgan fingerprint density at radius 2 is 1.57 bits per heavy atom. The van der Waals surface area contributed by atoms with Gasteiger partial charge in [0.15, 0.2) is 0 Å². The molecule has 4 heteroatoms. The maximum atomic E-state index is 10.8. The fourth-order valence-corrected chi connectivity index (χ4v) is 3.85. The van der Waals surface area contributed by atoms with Gasteiger partial charge >= 0.3 is 0 Å². The van der Waals surface area contributed by atoms with Crippen LogP contribution in [0.15, 0.2) is 77.8 Å². The molecule has 0 amide bonds. The first-order chi connectivity index (χ1) is 13.5. The van der Waals surface area contributed by atoms with E-state index in [4.69, 9.17) is 4.74 Å². The van der Waals surface area contributed by atoms with Gasteiger partial charge in [-0.2, -0.15) is 0 Å². The lowest BCUT2D eigenvalue weighted by Crippen LogP contribution is -2.21. The van der Waals surface area contributed by atoms with Gasteiger partial charge in [-0.3, -0.25) is 0 Å². The molecule has 3 atom stereocenters. The molecule has 4 nitrogen and oxygen atoms in total. The summed E-state index contributed by atoms with van der Waals surface area (Å²) >= 11 is 0. The summed E-state index contributed by atoms with van der Waals surface area (Å²) in [6.07, 6.45) is 2.40.